The highest BCUT2D eigenvalue weighted by atomic mass is 16.5. The first-order valence-electron chi connectivity index (χ1n) is 4.79. The quantitative estimate of drug-likeness (QED) is 0.713. The van der Waals surface area contributed by atoms with Crippen LogP contribution >= 0.6 is 0 Å². The SMILES string of the molecule is CC.COCc1cc(C(=O)OC)n(C)n1. The fourth-order valence-corrected chi connectivity index (χ4v) is 1.04. The molecule has 5 heteroatoms. The molecule has 1 aromatic rings. The van der Waals surface area contributed by atoms with Crippen molar-refractivity contribution in [3.63, 3.8) is 0 Å². The standard InChI is InChI=1S/C8H12N2O3.C2H6/c1-10-7(8(11)13-3)4-6(9-10)5-12-2;1-2/h4H,5H2,1-3H3;1-2H3. The monoisotopic (exact) mass is 214 g/mol. The number of esters is 1. The highest BCUT2D eigenvalue weighted by Gasteiger charge is 2.12. The Balaban J connectivity index is 0.000000921. The minimum atomic E-state index is -0.391. The third-order valence-corrected chi connectivity index (χ3v) is 1.62. The molecule has 0 fully saturated rings. The lowest BCUT2D eigenvalue weighted by Gasteiger charge is -1.96. The molecule has 1 aromatic heterocycles. The summed E-state index contributed by atoms with van der Waals surface area (Å²) in [6.07, 6.45) is 0. The number of aryl methyl sites for hydroxylation is 1. The van der Waals surface area contributed by atoms with Gasteiger partial charge in [0.15, 0.2) is 0 Å². The van der Waals surface area contributed by atoms with Gasteiger partial charge in [0.05, 0.1) is 19.4 Å². The minimum absolute atomic E-state index is 0.391. The normalized spacial score (nSPS) is 9.13. The number of carbonyl (C=O) groups excluding carboxylic acids is 1. The Morgan fingerprint density at radius 1 is 1.47 bits per heavy atom. The van der Waals surface area contributed by atoms with Gasteiger partial charge in [0.1, 0.15) is 5.69 Å². The number of methoxy groups -OCH3 is 2. The Labute approximate surface area is 90.0 Å². The Morgan fingerprint density at radius 3 is 2.53 bits per heavy atom. The topological polar surface area (TPSA) is 53.4 Å². The summed E-state index contributed by atoms with van der Waals surface area (Å²) in [6.45, 7) is 4.39. The summed E-state index contributed by atoms with van der Waals surface area (Å²) in [5, 5.41) is 4.06. The van der Waals surface area contributed by atoms with Crippen LogP contribution in [0.2, 0.25) is 0 Å². The van der Waals surface area contributed by atoms with Crippen LogP contribution in [0.25, 0.3) is 0 Å². The number of ether oxygens (including phenoxy) is 2. The van der Waals surface area contributed by atoms with E-state index in [-0.39, 0.29) is 0 Å². The second kappa shape index (κ2) is 7.00. The molecule has 86 valence electrons. The van der Waals surface area contributed by atoms with E-state index in [1.165, 1.54) is 11.8 Å². The van der Waals surface area contributed by atoms with Gasteiger partial charge in [-0.05, 0) is 6.07 Å². The first-order valence-corrected chi connectivity index (χ1v) is 4.79. The summed E-state index contributed by atoms with van der Waals surface area (Å²) < 4.78 is 10.9. The molecule has 0 amide bonds. The molecular formula is C10H18N2O3. The van der Waals surface area contributed by atoms with E-state index in [4.69, 9.17) is 4.74 Å². The summed E-state index contributed by atoms with van der Waals surface area (Å²) in [6, 6.07) is 1.65. The Hall–Kier alpha value is -1.36. The smallest absolute Gasteiger partial charge is 0.356 e. The lowest BCUT2D eigenvalue weighted by atomic mass is 10.3. The molecule has 0 saturated carbocycles. The van der Waals surface area contributed by atoms with Gasteiger partial charge in [-0.1, -0.05) is 13.8 Å². The predicted octanol–water partition coefficient (Wildman–Crippen LogP) is 1.38. The third kappa shape index (κ3) is 3.71. The highest BCUT2D eigenvalue weighted by Crippen LogP contribution is 2.05. The average molecular weight is 214 g/mol. The van der Waals surface area contributed by atoms with Crippen LogP contribution in [0.4, 0.5) is 0 Å². The molecule has 0 atom stereocenters. The van der Waals surface area contributed by atoms with Crippen LogP contribution in [-0.2, 0) is 23.1 Å². The average Bonchev–Trinajstić information content (AvgIpc) is 2.62. The van der Waals surface area contributed by atoms with Crippen molar-refractivity contribution >= 4 is 5.97 Å². The second-order valence-electron chi connectivity index (χ2n) is 2.57. The van der Waals surface area contributed by atoms with Crippen molar-refractivity contribution in [2.75, 3.05) is 14.2 Å². The van der Waals surface area contributed by atoms with Gasteiger partial charge >= 0.3 is 5.97 Å². The molecule has 0 N–H and O–H groups in total. The molecule has 0 aliphatic heterocycles. The number of carbonyl (C=O) groups is 1. The van der Waals surface area contributed by atoms with Crippen molar-refractivity contribution in [3.05, 3.63) is 17.5 Å². The van der Waals surface area contributed by atoms with Crippen molar-refractivity contribution in [2.24, 2.45) is 7.05 Å². The van der Waals surface area contributed by atoms with Crippen LogP contribution in [0, 0.1) is 0 Å². The van der Waals surface area contributed by atoms with E-state index in [0.29, 0.717) is 18.0 Å². The van der Waals surface area contributed by atoms with Crippen molar-refractivity contribution in [3.8, 4) is 0 Å². The maximum Gasteiger partial charge on any atom is 0.356 e. The summed E-state index contributed by atoms with van der Waals surface area (Å²) in [5.74, 6) is -0.391. The molecule has 0 aliphatic rings. The molecule has 15 heavy (non-hydrogen) atoms. The molecule has 0 aromatic carbocycles. The first kappa shape index (κ1) is 13.6. The zero-order chi connectivity index (χ0) is 11.8. The van der Waals surface area contributed by atoms with Gasteiger partial charge in [0.2, 0.25) is 0 Å². The fourth-order valence-electron chi connectivity index (χ4n) is 1.04. The number of rotatable bonds is 3. The molecule has 0 radical (unpaired) electrons. The Morgan fingerprint density at radius 2 is 2.07 bits per heavy atom. The zero-order valence-corrected chi connectivity index (χ0v) is 9.90. The summed E-state index contributed by atoms with van der Waals surface area (Å²) in [5.41, 5.74) is 1.14. The molecule has 0 unspecified atom stereocenters. The molecule has 0 spiro atoms. The maximum atomic E-state index is 11.1. The number of hydrogen-bond donors (Lipinski definition) is 0. The number of hydrogen-bond acceptors (Lipinski definition) is 4. The number of aromatic nitrogens is 2. The zero-order valence-electron chi connectivity index (χ0n) is 9.90. The van der Waals surface area contributed by atoms with Gasteiger partial charge in [-0.15, -0.1) is 0 Å². The van der Waals surface area contributed by atoms with E-state index >= 15 is 0 Å². The predicted molar refractivity (Wildman–Crippen MR) is 56.6 cm³/mol. The van der Waals surface area contributed by atoms with Crippen LogP contribution in [0.1, 0.15) is 30.0 Å². The van der Waals surface area contributed by atoms with E-state index in [2.05, 4.69) is 9.84 Å². The largest absolute Gasteiger partial charge is 0.464 e. The lowest BCUT2D eigenvalue weighted by Crippen LogP contribution is -2.07. The van der Waals surface area contributed by atoms with E-state index in [0.717, 1.165) is 0 Å². The molecule has 1 heterocycles. The van der Waals surface area contributed by atoms with Gasteiger partial charge in [-0.25, -0.2) is 4.79 Å². The molecule has 1 rings (SSSR count). The van der Waals surface area contributed by atoms with Crippen LogP contribution < -0.4 is 0 Å². The van der Waals surface area contributed by atoms with E-state index in [9.17, 15) is 4.79 Å². The number of nitrogens with zero attached hydrogens (tertiary/aromatic N) is 2. The van der Waals surface area contributed by atoms with Crippen LogP contribution in [0.3, 0.4) is 0 Å². The van der Waals surface area contributed by atoms with E-state index < -0.39 is 5.97 Å². The van der Waals surface area contributed by atoms with Gasteiger partial charge in [-0.2, -0.15) is 5.10 Å². The minimum Gasteiger partial charge on any atom is -0.464 e. The van der Waals surface area contributed by atoms with Crippen molar-refractivity contribution in [2.45, 2.75) is 20.5 Å². The second-order valence-corrected chi connectivity index (χ2v) is 2.57. The van der Waals surface area contributed by atoms with Crippen LogP contribution in [0.5, 0.6) is 0 Å². The molecular weight excluding hydrogens is 196 g/mol. The van der Waals surface area contributed by atoms with Gasteiger partial charge < -0.3 is 9.47 Å². The van der Waals surface area contributed by atoms with Crippen molar-refractivity contribution in [1.82, 2.24) is 9.78 Å². The van der Waals surface area contributed by atoms with E-state index in [1.807, 2.05) is 13.8 Å². The van der Waals surface area contributed by atoms with E-state index in [1.54, 1.807) is 20.2 Å². The lowest BCUT2D eigenvalue weighted by molar-refractivity contribution is 0.0588. The van der Waals surface area contributed by atoms with Gasteiger partial charge in [0, 0.05) is 14.2 Å². The van der Waals surface area contributed by atoms with Gasteiger partial charge in [-0.3, -0.25) is 4.68 Å². The third-order valence-electron chi connectivity index (χ3n) is 1.62. The van der Waals surface area contributed by atoms with Crippen molar-refractivity contribution < 1.29 is 14.3 Å². The Kier molecular flexibility index (Phi) is 6.37. The maximum absolute atomic E-state index is 11.1. The molecule has 0 saturated heterocycles. The van der Waals surface area contributed by atoms with Crippen LogP contribution in [-0.4, -0.2) is 30.0 Å². The Bertz CT molecular complexity index is 308. The molecule has 0 bridgehead atoms. The highest BCUT2D eigenvalue weighted by molar-refractivity contribution is 5.87. The molecule has 0 aliphatic carbocycles. The first-order chi connectivity index (χ1) is 7.19. The summed E-state index contributed by atoms with van der Waals surface area (Å²) in [7, 11) is 4.60. The van der Waals surface area contributed by atoms with Gasteiger partial charge in [0.25, 0.3) is 0 Å². The summed E-state index contributed by atoms with van der Waals surface area (Å²) in [4.78, 5) is 11.1. The van der Waals surface area contributed by atoms with Crippen molar-refractivity contribution in [1.29, 1.82) is 0 Å². The fraction of sp³-hybridized carbons (Fsp3) is 0.600. The summed E-state index contributed by atoms with van der Waals surface area (Å²) >= 11 is 0. The van der Waals surface area contributed by atoms with Crippen LogP contribution in [0.15, 0.2) is 6.07 Å². The molecule has 5 nitrogen and oxygen atoms in total.